The van der Waals surface area contributed by atoms with Gasteiger partial charge >= 0.3 is 13.9 Å². The summed E-state index contributed by atoms with van der Waals surface area (Å²) in [6.45, 7) is 7.15. The SMILES string of the molecule is CCOc1cnc2c(-c3nc4cc(F)c(OC(C)C(C)N(C(=O)O)c5cnc(CCOP(=O)(O)O)nc5)cc4s3)cc(C)cc2n1. The van der Waals surface area contributed by atoms with Crippen LogP contribution in [-0.4, -0.2) is 71.3 Å². The predicted molar refractivity (Wildman–Crippen MR) is 168 cm³/mol. The molecule has 2 atom stereocenters. The number of nitrogens with zero attached hydrogens (tertiary/aromatic N) is 6. The van der Waals surface area contributed by atoms with Crippen molar-refractivity contribution in [3.63, 3.8) is 0 Å². The Morgan fingerprint density at radius 3 is 2.48 bits per heavy atom. The zero-order chi connectivity index (χ0) is 33.2. The van der Waals surface area contributed by atoms with Crippen LogP contribution in [0.1, 0.15) is 32.2 Å². The number of aryl methyl sites for hydroxylation is 1. The van der Waals surface area contributed by atoms with Crippen molar-refractivity contribution in [2.24, 2.45) is 0 Å². The average Bonchev–Trinajstić information content (AvgIpc) is 3.39. The Morgan fingerprint density at radius 2 is 1.80 bits per heavy atom. The highest BCUT2D eigenvalue weighted by Crippen LogP contribution is 2.38. The van der Waals surface area contributed by atoms with E-state index in [1.807, 2.05) is 26.0 Å². The van der Waals surface area contributed by atoms with Gasteiger partial charge in [0, 0.05) is 24.1 Å². The van der Waals surface area contributed by atoms with Crippen LogP contribution in [0.4, 0.5) is 14.9 Å². The number of phosphoric acid groups is 1. The van der Waals surface area contributed by atoms with Crippen LogP contribution in [-0.2, 0) is 15.5 Å². The maximum Gasteiger partial charge on any atom is 0.469 e. The number of hydrogen-bond acceptors (Lipinski definition) is 11. The van der Waals surface area contributed by atoms with Crippen molar-refractivity contribution in [2.75, 3.05) is 18.1 Å². The number of hydrogen-bond donors (Lipinski definition) is 3. The molecule has 0 radical (unpaired) electrons. The zero-order valence-electron chi connectivity index (χ0n) is 25.1. The molecular weight excluding hydrogens is 642 g/mol. The largest absolute Gasteiger partial charge is 0.485 e. The second kappa shape index (κ2) is 13.6. The van der Waals surface area contributed by atoms with Gasteiger partial charge in [-0.25, -0.2) is 38.7 Å². The molecule has 2 unspecified atom stereocenters. The topological polar surface area (TPSA) is 190 Å². The van der Waals surface area contributed by atoms with Gasteiger partial charge in [-0.2, -0.15) is 0 Å². The third kappa shape index (κ3) is 7.54. The molecule has 0 aliphatic rings. The van der Waals surface area contributed by atoms with Gasteiger partial charge < -0.3 is 24.4 Å². The summed E-state index contributed by atoms with van der Waals surface area (Å²) in [7, 11) is -4.63. The van der Waals surface area contributed by atoms with Crippen LogP contribution in [0.15, 0.2) is 42.9 Å². The molecule has 0 aliphatic carbocycles. The summed E-state index contributed by atoms with van der Waals surface area (Å²) in [5.74, 6) is -0.120. The molecule has 3 heterocycles. The average molecular weight is 673 g/mol. The van der Waals surface area contributed by atoms with Crippen LogP contribution >= 0.6 is 19.2 Å². The number of benzene rings is 2. The minimum atomic E-state index is -4.63. The van der Waals surface area contributed by atoms with E-state index < -0.39 is 31.9 Å². The lowest BCUT2D eigenvalue weighted by Gasteiger charge is -2.30. The number of halogens is 1. The summed E-state index contributed by atoms with van der Waals surface area (Å²) < 4.78 is 42.6. The van der Waals surface area contributed by atoms with E-state index in [4.69, 9.17) is 19.3 Å². The number of aromatic nitrogens is 5. The van der Waals surface area contributed by atoms with Crippen molar-refractivity contribution in [1.82, 2.24) is 24.9 Å². The summed E-state index contributed by atoms with van der Waals surface area (Å²) in [6, 6.07) is 5.85. The van der Waals surface area contributed by atoms with Gasteiger partial charge in [-0.1, -0.05) is 0 Å². The first-order chi connectivity index (χ1) is 21.8. The Labute approximate surface area is 266 Å². The number of thiazole rings is 1. The van der Waals surface area contributed by atoms with Gasteiger partial charge in [-0.15, -0.1) is 11.3 Å². The maximum atomic E-state index is 15.3. The van der Waals surface area contributed by atoms with Crippen molar-refractivity contribution in [2.45, 2.75) is 46.3 Å². The van der Waals surface area contributed by atoms with Crippen LogP contribution in [0.2, 0.25) is 0 Å². The molecule has 0 fully saturated rings. The molecule has 242 valence electrons. The molecule has 3 N–H and O–H groups in total. The molecule has 2 aromatic carbocycles. The number of rotatable bonds is 12. The standard InChI is InChI=1S/C29H30FN6O8PS/c1-5-42-26-14-33-27-19(8-15(2)9-22(27)34-26)28-35-21-10-20(30)23(11-24(21)46-28)44-17(4)16(3)36(29(37)38)18-12-31-25(32-13-18)6-7-43-45(39,40)41/h8-14,16-17H,5-7H2,1-4H3,(H,37,38)(H2,39,40,41). The number of ether oxygens (including phenoxy) is 2. The van der Waals surface area contributed by atoms with E-state index in [0.717, 1.165) is 16.0 Å². The Hall–Kier alpha value is -4.34. The highest BCUT2D eigenvalue weighted by Gasteiger charge is 2.29. The smallest absolute Gasteiger partial charge is 0.469 e. The first-order valence-corrected chi connectivity index (χ1v) is 16.4. The summed E-state index contributed by atoms with van der Waals surface area (Å²) >= 11 is 1.33. The summed E-state index contributed by atoms with van der Waals surface area (Å²) in [5.41, 5.74) is 3.52. The molecule has 5 rings (SSSR count). The molecule has 0 spiro atoms. The van der Waals surface area contributed by atoms with Gasteiger partial charge in [0.15, 0.2) is 11.6 Å². The van der Waals surface area contributed by atoms with Gasteiger partial charge in [0.05, 0.1) is 64.8 Å². The molecule has 17 heteroatoms. The van der Waals surface area contributed by atoms with E-state index in [1.165, 1.54) is 35.9 Å². The normalized spacial score (nSPS) is 13.1. The maximum absolute atomic E-state index is 15.3. The van der Waals surface area contributed by atoms with Crippen molar-refractivity contribution in [1.29, 1.82) is 0 Å². The Kier molecular flexibility index (Phi) is 9.74. The van der Waals surface area contributed by atoms with Crippen molar-refractivity contribution < 1.29 is 42.6 Å². The van der Waals surface area contributed by atoms with Crippen LogP contribution in [0.3, 0.4) is 0 Å². The number of phosphoric ester groups is 1. The predicted octanol–water partition coefficient (Wildman–Crippen LogP) is 5.53. The van der Waals surface area contributed by atoms with E-state index in [9.17, 15) is 14.5 Å². The number of amides is 1. The Balaban J connectivity index is 1.36. The Morgan fingerprint density at radius 1 is 1.07 bits per heavy atom. The number of carboxylic acid groups (broad SMARTS) is 1. The van der Waals surface area contributed by atoms with Crippen molar-refractivity contribution in [3.05, 3.63) is 60.1 Å². The summed E-state index contributed by atoms with van der Waals surface area (Å²) in [4.78, 5) is 52.7. The zero-order valence-corrected chi connectivity index (χ0v) is 26.8. The van der Waals surface area contributed by atoms with E-state index in [-0.39, 0.29) is 30.3 Å². The second-order valence-corrected chi connectivity index (χ2v) is 12.5. The van der Waals surface area contributed by atoms with E-state index in [1.54, 1.807) is 20.0 Å². The summed E-state index contributed by atoms with van der Waals surface area (Å²) in [6.07, 6.45) is 1.95. The number of fused-ring (bicyclic) bond motifs is 2. The lowest BCUT2D eigenvalue weighted by molar-refractivity contribution is 0.166. The Bertz CT molecular complexity index is 1940. The van der Waals surface area contributed by atoms with Crippen molar-refractivity contribution >= 4 is 52.2 Å². The number of anilines is 1. The van der Waals surface area contributed by atoms with Gasteiger partial charge in [0.1, 0.15) is 16.9 Å². The molecule has 14 nitrogen and oxygen atoms in total. The van der Waals surface area contributed by atoms with Gasteiger partial charge in [0.25, 0.3) is 0 Å². The van der Waals surface area contributed by atoms with Crippen LogP contribution in [0.25, 0.3) is 31.8 Å². The van der Waals surface area contributed by atoms with Crippen molar-refractivity contribution in [3.8, 4) is 22.2 Å². The van der Waals surface area contributed by atoms with Crippen LogP contribution in [0, 0.1) is 12.7 Å². The highest BCUT2D eigenvalue weighted by molar-refractivity contribution is 7.46. The van der Waals surface area contributed by atoms with E-state index >= 15 is 4.39 Å². The third-order valence-corrected chi connectivity index (χ3v) is 8.46. The molecule has 0 saturated heterocycles. The fourth-order valence-corrected chi connectivity index (χ4v) is 5.97. The molecule has 3 aromatic heterocycles. The van der Waals surface area contributed by atoms with Gasteiger partial charge in [-0.05, 0) is 45.4 Å². The molecule has 1 amide bonds. The lowest BCUT2D eigenvalue weighted by atomic mass is 10.1. The fraction of sp³-hybridized carbons (Fsp3) is 0.310. The van der Waals surface area contributed by atoms with Gasteiger partial charge in [0.2, 0.25) is 5.88 Å². The monoisotopic (exact) mass is 672 g/mol. The first kappa shape index (κ1) is 33.0. The minimum absolute atomic E-state index is 0.00305. The van der Waals surface area contributed by atoms with Gasteiger partial charge in [-0.3, -0.25) is 9.42 Å². The lowest BCUT2D eigenvalue weighted by Crippen LogP contribution is -2.46. The minimum Gasteiger partial charge on any atom is -0.485 e. The second-order valence-electron chi connectivity index (χ2n) is 10.2. The molecular formula is C29H30FN6O8PS. The molecule has 0 aliphatic heterocycles. The number of carbonyl (C=O) groups is 1. The van der Waals surface area contributed by atoms with Crippen LogP contribution < -0.4 is 14.4 Å². The summed E-state index contributed by atoms with van der Waals surface area (Å²) in [5, 5.41) is 10.6. The molecule has 0 saturated carbocycles. The first-order valence-electron chi connectivity index (χ1n) is 14.0. The molecule has 46 heavy (non-hydrogen) atoms. The third-order valence-electron chi connectivity index (χ3n) is 6.89. The van der Waals surface area contributed by atoms with E-state index in [0.29, 0.717) is 38.7 Å². The van der Waals surface area contributed by atoms with Crippen LogP contribution in [0.5, 0.6) is 11.6 Å². The fourth-order valence-electron chi connectivity index (χ4n) is 4.65. The molecule has 0 bridgehead atoms. The molecule has 5 aromatic rings. The van der Waals surface area contributed by atoms with E-state index in [2.05, 4.69) is 29.4 Å². The quantitative estimate of drug-likeness (QED) is 0.140. The highest BCUT2D eigenvalue weighted by atomic mass is 32.1.